The number of nitrogens with one attached hydrogen (secondary N) is 1. The van der Waals surface area contributed by atoms with Crippen molar-refractivity contribution in [3.05, 3.63) is 11.9 Å². The molecule has 1 fully saturated rings. The van der Waals surface area contributed by atoms with Crippen LogP contribution in [0.25, 0.3) is 0 Å². The molecule has 1 saturated carbocycles. The Balaban J connectivity index is 1.67. The lowest BCUT2D eigenvalue weighted by Crippen LogP contribution is -2.44. The molecule has 1 aromatic rings. The number of urea groups is 1. The Morgan fingerprint density at radius 2 is 2.24 bits per heavy atom. The molecule has 0 radical (unpaired) electrons. The van der Waals surface area contributed by atoms with Crippen LogP contribution in [0.3, 0.4) is 0 Å². The van der Waals surface area contributed by atoms with Crippen molar-refractivity contribution >= 4 is 12.0 Å². The zero-order chi connectivity index (χ0) is 15.4. The third-order valence-corrected chi connectivity index (χ3v) is 3.46. The van der Waals surface area contributed by atoms with Crippen LogP contribution in [0.2, 0.25) is 0 Å². The third kappa shape index (κ3) is 4.15. The summed E-state index contributed by atoms with van der Waals surface area (Å²) in [6, 6.07) is -0.199. The van der Waals surface area contributed by atoms with Crippen LogP contribution in [0.1, 0.15) is 23.3 Å². The number of carbonyl (C=O) groups is 2. The highest BCUT2D eigenvalue weighted by atomic mass is 16.4. The first kappa shape index (κ1) is 15.2. The smallest absolute Gasteiger partial charge is 0.358 e. The van der Waals surface area contributed by atoms with E-state index >= 15 is 0 Å². The van der Waals surface area contributed by atoms with Crippen LogP contribution in [0.15, 0.2) is 6.20 Å². The van der Waals surface area contributed by atoms with Crippen LogP contribution >= 0.6 is 0 Å². The van der Waals surface area contributed by atoms with Crippen LogP contribution in [0.4, 0.5) is 4.79 Å². The summed E-state index contributed by atoms with van der Waals surface area (Å²) in [6.07, 6.45) is 2.58. The Kier molecular flexibility index (Phi) is 4.73. The maximum atomic E-state index is 11.8. The summed E-state index contributed by atoms with van der Waals surface area (Å²) in [5.41, 5.74) is -0.123. The summed E-state index contributed by atoms with van der Waals surface area (Å²) >= 11 is 0. The van der Waals surface area contributed by atoms with Gasteiger partial charge in [-0.25, -0.2) is 14.3 Å². The highest BCUT2D eigenvalue weighted by Gasteiger charge is 2.28. The molecule has 2 rings (SSSR count). The van der Waals surface area contributed by atoms with Gasteiger partial charge in [0.05, 0.1) is 18.8 Å². The number of aromatic carboxylic acids is 1. The molecule has 1 aliphatic carbocycles. The molecule has 3 N–H and O–H groups in total. The molecule has 1 heterocycles. The topological polar surface area (TPSA) is 121 Å². The summed E-state index contributed by atoms with van der Waals surface area (Å²) in [5.74, 6) is -0.767. The molecule has 21 heavy (non-hydrogen) atoms. The van der Waals surface area contributed by atoms with E-state index in [4.69, 9.17) is 5.11 Å². The number of hydrogen-bond acceptors (Lipinski definition) is 5. The molecule has 0 atom stereocenters. The Labute approximate surface area is 121 Å². The normalized spacial score (nSPS) is 20.7. The number of carbonyl (C=O) groups excluding carboxylic acids is 1. The van der Waals surface area contributed by atoms with Crippen LogP contribution < -0.4 is 5.32 Å². The Morgan fingerprint density at radius 1 is 1.52 bits per heavy atom. The predicted molar refractivity (Wildman–Crippen MR) is 71.7 cm³/mol. The third-order valence-electron chi connectivity index (χ3n) is 3.46. The van der Waals surface area contributed by atoms with Gasteiger partial charge in [0.1, 0.15) is 0 Å². The Bertz CT molecular complexity index is 512. The first-order chi connectivity index (χ1) is 9.95. The molecule has 1 aliphatic rings. The molecule has 9 nitrogen and oxygen atoms in total. The number of aromatic nitrogens is 3. The largest absolute Gasteiger partial charge is 0.476 e. The van der Waals surface area contributed by atoms with Crippen molar-refractivity contribution < 1.29 is 19.8 Å². The van der Waals surface area contributed by atoms with Crippen molar-refractivity contribution in [1.29, 1.82) is 0 Å². The SMILES string of the molecule is CN(CC1CC(O)C1)C(=O)NCCn1cc(C(=O)O)nn1. The van der Waals surface area contributed by atoms with Crippen molar-refractivity contribution in [3.63, 3.8) is 0 Å². The number of nitrogens with zero attached hydrogens (tertiary/aromatic N) is 4. The van der Waals surface area contributed by atoms with E-state index in [1.807, 2.05) is 0 Å². The monoisotopic (exact) mass is 297 g/mol. The molecule has 0 bridgehead atoms. The fraction of sp³-hybridized carbons (Fsp3) is 0.667. The molecule has 1 aromatic heterocycles. The summed E-state index contributed by atoms with van der Waals surface area (Å²) < 4.78 is 1.37. The number of aliphatic hydroxyl groups excluding tert-OH is 1. The van der Waals surface area contributed by atoms with E-state index in [1.54, 1.807) is 11.9 Å². The van der Waals surface area contributed by atoms with Crippen molar-refractivity contribution in [2.45, 2.75) is 25.5 Å². The van der Waals surface area contributed by atoms with E-state index in [2.05, 4.69) is 15.6 Å². The van der Waals surface area contributed by atoms with Crippen LogP contribution in [0.5, 0.6) is 0 Å². The first-order valence-electron chi connectivity index (χ1n) is 6.76. The zero-order valence-corrected chi connectivity index (χ0v) is 11.8. The van der Waals surface area contributed by atoms with Crippen molar-refractivity contribution in [2.24, 2.45) is 5.92 Å². The minimum Gasteiger partial charge on any atom is -0.476 e. The first-order valence-corrected chi connectivity index (χ1v) is 6.76. The van der Waals surface area contributed by atoms with E-state index in [1.165, 1.54) is 10.9 Å². The molecule has 0 spiro atoms. The highest BCUT2D eigenvalue weighted by Crippen LogP contribution is 2.27. The van der Waals surface area contributed by atoms with Gasteiger partial charge in [0.15, 0.2) is 5.69 Å². The van der Waals surface area contributed by atoms with Gasteiger partial charge in [0.25, 0.3) is 0 Å². The van der Waals surface area contributed by atoms with E-state index in [9.17, 15) is 14.7 Å². The van der Waals surface area contributed by atoms with E-state index < -0.39 is 5.97 Å². The number of rotatable bonds is 6. The maximum Gasteiger partial charge on any atom is 0.358 e. The zero-order valence-electron chi connectivity index (χ0n) is 11.8. The lowest BCUT2D eigenvalue weighted by molar-refractivity contribution is 0.0325. The molecule has 0 saturated heterocycles. The summed E-state index contributed by atoms with van der Waals surface area (Å²) in [4.78, 5) is 24.0. The van der Waals surface area contributed by atoms with Crippen molar-refractivity contribution in [1.82, 2.24) is 25.2 Å². The molecular formula is C12H19N5O4. The average molecular weight is 297 g/mol. The second-order valence-electron chi connectivity index (χ2n) is 5.28. The lowest BCUT2D eigenvalue weighted by atomic mass is 9.82. The van der Waals surface area contributed by atoms with Gasteiger partial charge in [-0.1, -0.05) is 5.21 Å². The van der Waals surface area contributed by atoms with Gasteiger partial charge in [-0.15, -0.1) is 5.10 Å². The summed E-state index contributed by atoms with van der Waals surface area (Å²) in [6.45, 7) is 1.30. The van der Waals surface area contributed by atoms with Gasteiger partial charge >= 0.3 is 12.0 Å². The van der Waals surface area contributed by atoms with E-state index in [0.717, 1.165) is 12.8 Å². The highest BCUT2D eigenvalue weighted by molar-refractivity contribution is 5.84. The van der Waals surface area contributed by atoms with Gasteiger partial charge in [-0.2, -0.15) is 0 Å². The molecule has 116 valence electrons. The molecular weight excluding hydrogens is 278 g/mol. The van der Waals surface area contributed by atoms with Gasteiger partial charge in [0.2, 0.25) is 0 Å². The predicted octanol–water partition coefficient (Wildman–Crippen LogP) is -0.611. The molecule has 0 unspecified atom stereocenters. The van der Waals surface area contributed by atoms with E-state index in [-0.39, 0.29) is 17.8 Å². The number of amides is 2. The fourth-order valence-corrected chi connectivity index (χ4v) is 2.24. The van der Waals surface area contributed by atoms with Crippen LogP contribution in [-0.4, -0.2) is 68.3 Å². The second-order valence-corrected chi connectivity index (χ2v) is 5.28. The average Bonchev–Trinajstić information content (AvgIpc) is 2.85. The van der Waals surface area contributed by atoms with Crippen molar-refractivity contribution in [3.8, 4) is 0 Å². The Hall–Kier alpha value is -2.16. The van der Waals surface area contributed by atoms with Gasteiger partial charge in [-0.3, -0.25) is 0 Å². The number of carboxylic acid groups (broad SMARTS) is 1. The minimum atomic E-state index is -1.13. The molecule has 2 amide bonds. The number of carboxylic acids is 1. The quantitative estimate of drug-likeness (QED) is 0.644. The summed E-state index contributed by atoms with van der Waals surface area (Å²) in [5, 5.41) is 27.8. The van der Waals surface area contributed by atoms with Gasteiger partial charge in [-0.05, 0) is 18.8 Å². The second kappa shape index (κ2) is 6.53. The van der Waals surface area contributed by atoms with E-state index in [0.29, 0.717) is 25.6 Å². The minimum absolute atomic E-state index is 0.123. The number of aliphatic hydroxyl groups is 1. The molecule has 0 aromatic carbocycles. The number of hydrogen-bond donors (Lipinski definition) is 3. The lowest BCUT2D eigenvalue weighted by Gasteiger charge is -2.34. The maximum absolute atomic E-state index is 11.8. The van der Waals surface area contributed by atoms with Gasteiger partial charge in [0, 0.05) is 20.1 Å². The standard InChI is InChI=1S/C12H19N5O4/c1-16(6-8-4-9(18)5-8)12(21)13-2-3-17-7-10(11(19)20)14-15-17/h7-9,18H,2-6H2,1H3,(H,13,21)(H,19,20). The molecule has 9 heteroatoms. The van der Waals surface area contributed by atoms with Crippen molar-refractivity contribution in [2.75, 3.05) is 20.1 Å². The molecule has 0 aliphatic heterocycles. The Morgan fingerprint density at radius 3 is 2.81 bits per heavy atom. The fourth-order valence-electron chi connectivity index (χ4n) is 2.24. The summed E-state index contributed by atoms with van der Waals surface area (Å²) in [7, 11) is 1.71. The van der Waals surface area contributed by atoms with Crippen LogP contribution in [-0.2, 0) is 6.54 Å². The van der Waals surface area contributed by atoms with Gasteiger partial charge < -0.3 is 20.4 Å². The van der Waals surface area contributed by atoms with Crippen LogP contribution in [0, 0.1) is 5.92 Å².